The molecular formula is C15H12N4O2. The fourth-order valence-electron chi connectivity index (χ4n) is 2.09. The highest BCUT2D eigenvalue weighted by Crippen LogP contribution is 2.21. The maximum atomic E-state index is 11.2. The summed E-state index contributed by atoms with van der Waals surface area (Å²) in [5, 5.41) is 0. The van der Waals surface area contributed by atoms with Crippen LogP contribution in [0.5, 0.6) is 0 Å². The highest BCUT2D eigenvalue weighted by Gasteiger charge is 2.08. The summed E-state index contributed by atoms with van der Waals surface area (Å²) in [4.78, 5) is 29.8. The summed E-state index contributed by atoms with van der Waals surface area (Å²) < 4.78 is 0. The third kappa shape index (κ3) is 2.34. The summed E-state index contributed by atoms with van der Waals surface area (Å²) >= 11 is 0. The first-order valence-electron chi connectivity index (χ1n) is 6.24. The lowest BCUT2D eigenvalue weighted by molar-refractivity contribution is 0.0992. The second-order valence-corrected chi connectivity index (χ2v) is 4.62. The SMILES string of the molecule is NC(=O)c1ccc(-c2nc3ccc(C(N)=O)cc3[nH]2)cc1. The van der Waals surface area contributed by atoms with Crippen molar-refractivity contribution in [3.8, 4) is 11.4 Å². The summed E-state index contributed by atoms with van der Waals surface area (Å²) in [6.07, 6.45) is 0. The number of imidazole rings is 1. The lowest BCUT2D eigenvalue weighted by atomic mass is 10.1. The number of primary amides is 2. The standard InChI is InChI=1S/C15H12N4O2/c16-13(20)8-1-3-9(4-2-8)15-18-11-6-5-10(14(17)21)7-12(11)19-15/h1-7H,(H2,16,20)(H2,17,21)(H,18,19). The number of rotatable bonds is 3. The third-order valence-corrected chi connectivity index (χ3v) is 3.21. The molecule has 2 aromatic carbocycles. The molecular weight excluding hydrogens is 268 g/mol. The Morgan fingerprint density at radius 1 is 0.905 bits per heavy atom. The van der Waals surface area contributed by atoms with Crippen LogP contribution in [0.2, 0.25) is 0 Å². The number of hydrogen-bond acceptors (Lipinski definition) is 3. The quantitative estimate of drug-likeness (QED) is 0.674. The van der Waals surface area contributed by atoms with Crippen LogP contribution in [-0.4, -0.2) is 21.8 Å². The molecule has 21 heavy (non-hydrogen) atoms. The molecule has 0 saturated heterocycles. The third-order valence-electron chi connectivity index (χ3n) is 3.21. The number of nitrogens with one attached hydrogen (secondary N) is 1. The van der Waals surface area contributed by atoms with Crippen LogP contribution in [0.25, 0.3) is 22.4 Å². The first-order valence-corrected chi connectivity index (χ1v) is 6.24. The fourth-order valence-corrected chi connectivity index (χ4v) is 2.09. The number of hydrogen-bond donors (Lipinski definition) is 3. The molecule has 0 unspecified atom stereocenters. The Bertz CT molecular complexity index is 850. The Balaban J connectivity index is 2.04. The van der Waals surface area contributed by atoms with E-state index in [1.807, 2.05) is 0 Å². The highest BCUT2D eigenvalue weighted by molar-refractivity contribution is 5.96. The first kappa shape index (κ1) is 12.9. The maximum Gasteiger partial charge on any atom is 0.248 e. The number of benzene rings is 2. The molecule has 0 spiro atoms. The van der Waals surface area contributed by atoms with Gasteiger partial charge in [0.2, 0.25) is 11.8 Å². The molecule has 0 saturated carbocycles. The van der Waals surface area contributed by atoms with E-state index < -0.39 is 11.8 Å². The van der Waals surface area contributed by atoms with Crippen molar-refractivity contribution in [2.24, 2.45) is 11.5 Å². The molecule has 0 aliphatic rings. The molecule has 6 heteroatoms. The lowest BCUT2D eigenvalue weighted by Crippen LogP contribution is -2.10. The lowest BCUT2D eigenvalue weighted by Gasteiger charge is -1.98. The number of carbonyl (C=O) groups excluding carboxylic acids is 2. The fraction of sp³-hybridized carbons (Fsp3) is 0. The van der Waals surface area contributed by atoms with Gasteiger partial charge in [-0.2, -0.15) is 0 Å². The van der Waals surface area contributed by atoms with Gasteiger partial charge < -0.3 is 16.5 Å². The zero-order valence-electron chi connectivity index (χ0n) is 11.0. The van der Waals surface area contributed by atoms with Crippen molar-refractivity contribution in [2.45, 2.75) is 0 Å². The van der Waals surface area contributed by atoms with Gasteiger partial charge in [-0.05, 0) is 30.3 Å². The highest BCUT2D eigenvalue weighted by atomic mass is 16.1. The molecule has 6 nitrogen and oxygen atoms in total. The molecule has 3 rings (SSSR count). The van der Waals surface area contributed by atoms with Gasteiger partial charge in [-0.25, -0.2) is 4.98 Å². The smallest absolute Gasteiger partial charge is 0.248 e. The number of fused-ring (bicyclic) bond motifs is 1. The first-order chi connectivity index (χ1) is 10.0. The van der Waals surface area contributed by atoms with Crippen molar-refractivity contribution in [3.63, 3.8) is 0 Å². The summed E-state index contributed by atoms with van der Waals surface area (Å²) in [5.41, 5.74) is 13.6. The van der Waals surface area contributed by atoms with Gasteiger partial charge in [0.05, 0.1) is 11.0 Å². The van der Waals surface area contributed by atoms with Crippen LogP contribution in [0.3, 0.4) is 0 Å². The van der Waals surface area contributed by atoms with Gasteiger partial charge in [-0.1, -0.05) is 12.1 Å². The van der Waals surface area contributed by atoms with E-state index in [0.717, 1.165) is 16.6 Å². The largest absolute Gasteiger partial charge is 0.366 e. The van der Waals surface area contributed by atoms with Crippen molar-refractivity contribution in [2.75, 3.05) is 0 Å². The van der Waals surface area contributed by atoms with E-state index in [1.165, 1.54) is 0 Å². The predicted octanol–water partition coefficient (Wildman–Crippen LogP) is 1.43. The number of amides is 2. The van der Waals surface area contributed by atoms with E-state index in [-0.39, 0.29) is 0 Å². The van der Waals surface area contributed by atoms with Crippen LogP contribution in [0.4, 0.5) is 0 Å². The second kappa shape index (κ2) is 4.75. The number of nitrogens with two attached hydrogens (primary N) is 2. The zero-order chi connectivity index (χ0) is 15.0. The molecule has 1 aromatic heterocycles. The molecule has 1 heterocycles. The number of aromatic amines is 1. The van der Waals surface area contributed by atoms with Gasteiger partial charge >= 0.3 is 0 Å². The average Bonchev–Trinajstić information content (AvgIpc) is 2.90. The molecule has 2 amide bonds. The van der Waals surface area contributed by atoms with Crippen molar-refractivity contribution < 1.29 is 9.59 Å². The van der Waals surface area contributed by atoms with Crippen LogP contribution in [0, 0.1) is 0 Å². The summed E-state index contributed by atoms with van der Waals surface area (Å²) in [6.45, 7) is 0. The van der Waals surface area contributed by atoms with Crippen LogP contribution in [-0.2, 0) is 0 Å². The molecule has 0 bridgehead atoms. The van der Waals surface area contributed by atoms with Gasteiger partial charge in [-0.15, -0.1) is 0 Å². The Labute approximate surface area is 119 Å². The maximum absolute atomic E-state index is 11.2. The molecule has 0 aliphatic carbocycles. The number of H-pyrrole nitrogens is 1. The number of aromatic nitrogens is 2. The molecule has 0 radical (unpaired) electrons. The Morgan fingerprint density at radius 3 is 2.14 bits per heavy atom. The van der Waals surface area contributed by atoms with E-state index in [1.54, 1.807) is 42.5 Å². The van der Waals surface area contributed by atoms with E-state index in [2.05, 4.69) is 9.97 Å². The Hall–Kier alpha value is -3.15. The second-order valence-electron chi connectivity index (χ2n) is 4.62. The van der Waals surface area contributed by atoms with Gasteiger partial charge in [0, 0.05) is 16.7 Å². The van der Waals surface area contributed by atoms with Gasteiger partial charge in [0.25, 0.3) is 0 Å². The van der Waals surface area contributed by atoms with Crippen molar-refractivity contribution in [1.82, 2.24) is 9.97 Å². The molecule has 0 fully saturated rings. The van der Waals surface area contributed by atoms with Crippen molar-refractivity contribution in [3.05, 3.63) is 53.6 Å². The summed E-state index contributed by atoms with van der Waals surface area (Å²) in [7, 11) is 0. The normalized spacial score (nSPS) is 10.7. The van der Waals surface area contributed by atoms with E-state index in [0.29, 0.717) is 17.0 Å². The minimum absolute atomic E-state index is 0.418. The molecule has 0 atom stereocenters. The number of carbonyl (C=O) groups is 2. The molecule has 0 aliphatic heterocycles. The van der Waals surface area contributed by atoms with Crippen LogP contribution < -0.4 is 11.5 Å². The van der Waals surface area contributed by atoms with Gasteiger partial charge in [-0.3, -0.25) is 9.59 Å². The van der Waals surface area contributed by atoms with E-state index in [4.69, 9.17) is 11.5 Å². The van der Waals surface area contributed by atoms with Crippen LogP contribution >= 0.6 is 0 Å². The topological polar surface area (TPSA) is 115 Å². The van der Waals surface area contributed by atoms with Crippen LogP contribution in [0.1, 0.15) is 20.7 Å². The Kier molecular flexibility index (Phi) is 2.91. The monoisotopic (exact) mass is 280 g/mol. The summed E-state index contributed by atoms with van der Waals surface area (Å²) in [5.74, 6) is -0.321. The van der Waals surface area contributed by atoms with E-state index >= 15 is 0 Å². The number of nitrogens with zero attached hydrogens (tertiary/aromatic N) is 1. The molecule has 3 aromatic rings. The molecule has 5 N–H and O–H groups in total. The zero-order valence-corrected chi connectivity index (χ0v) is 11.0. The van der Waals surface area contributed by atoms with Gasteiger partial charge in [0.1, 0.15) is 5.82 Å². The van der Waals surface area contributed by atoms with Gasteiger partial charge in [0.15, 0.2) is 0 Å². The summed E-state index contributed by atoms with van der Waals surface area (Å²) in [6, 6.07) is 11.8. The van der Waals surface area contributed by atoms with Crippen LogP contribution in [0.15, 0.2) is 42.5 Å². The minimum Gasteiger partial charge on any atom is -0.366 e. The minimum atomic E-state index is -0.487. The Morgan fingerprint density at radius 2 is 1.52 bits per heavy atom. The predicted molar refractivity (Wildman–Crippen MR) is 78.6 cm³/mol. The average molecular weight is 280 g/mol. The van der Waals surface area contributed by atoms with E-state index in [9.17, 15) is 9.59 Å². The van der Waals surface area contributed by atoms with Crippen molar-refractivity contribution >= 4 is 22.8 Å². The molecule has 104 valence electrons. The van der Waals surface area contributed by atoms with Crippen molar-refractivity contribution in [1.29, 1.82) is 0 Å².